The van der Waals surface area contributed by atoms with E-state index in [1.807, 2.05) is 41.3 Å². The van der Waals surface area contributed by atoms with Crippen molar-refractivity contribution < 1.29 is 9.59 Å². The number of carbonyl (C=O) groups excluding carboxylic acids is 2. The highest BCUT2D eigenvalue weighted by Gasteiger charge is 2.34. The molecule has 0 radical (unpaired) electrons. The molecule has 6 heteroatoms. The Morgan fingerprint density at radius 2 is 1.87 bits per heavy atom. The molecule has 0 bridgehead atoms. The molecule has 2 aliphatic rings. The van der Waals surface area contributed by atoms with Crippen LogP contribution in [0.5, 0.6) is 0 Å². The van der Waals surface area contributed by atoms with Gasteiger partial charge in [0, 0.05) is 13.1 Å². The second kappa shape index (κ2) is 7.27. The average Bonchev–Trinajstić information content (AvgIpc) is 2.84. The highest BCUT2D eigenvalue weighted by molar-refractivity contribution is 8.26. The van der Waals surface area contributed by atoms with Crippen molar-refractivity contribution in [2.75, 3.05) is 19.6 Å². The fourth-order valence-corrected chi connectivity index (χ4v) is 3.97. The minimum Gasteiger partial charge on any atom is -0.341 e. The molecule has 0 spiro atoms. The van der Waals surface area contributed by atoms with Crippen molar-refractivity contribution in [1.82, 2.24) is 9.80 Å². The molecule has 2 fully saturated rings. The number of hydrogen-bond donors (Lipinski definition) is 0. The van der Waals surface area contributed by atoms with Crippen LogP contribution >= 0.6 is 24.0 Å². The molecule has 0 atom stereocenters. The molecule has 0 aromatic heterocycles. The van der Waals surface area contributed by atoms with Gasteiger partial charge < -0.3 is 4.90 Å². The fourth-order valence-electron chi connectivity index (χ4n) is 2.72. The van der Waals surface area contributed by atoms with Crippen LogP contribution in [0.3, 0.4) is 0 Å². The summed E-state index contributed by atoms with van der Waals surface area (Å²) in [5.74, 6) is -0.184. The van der Waals surface area contributed by atoms with Gasteiger partial charge in [0.15, 0.2) is 0 Å². The lowest BCUT2D eigenvalue weighted by Crippen LogP contribution is -2.44. The summed E-state index contributed by atoms with van der Waals surface area (Å²) in [7, 11) is 0. The molecule has 120 valence electrons. The topological polar surface area (TPSA) is 40.6 Å². The first kappa shape index (κ1) is 16.2. The number of rotatable bonds is 3. The van der Waals surface area contributed by atoms with E-state index in [9.17, 15) is 9.59 Å². The number of carbonyl (C=O) groups is 2. The number of hydrogen-bond acceptors (Lipinski definition) is 4. The van der Waals surface area contributed by atoms with E-state index in [4.69, 9.17) is 12.2 Å². The Hall–Kier alpha value is -1.66. The van der Waals surface area contributed by atoms with E-state index in [1.54, 1.807) is 0 Å². The molecular formula is C17H18N2O2S2. The van der Waals surface area contributed by atoms with Crippen LogP contribution in [-0.4, -0.2) is 45.6 Å². The highest BCUT2D eigenvalue weighted by Crippen LogP contribution is 2.32. The van der Waals surface area contributed by atoms with Gasteiger partial charge in [0.1, 0.15) is 10.9 Å². The Kier molecular flexibility index (Phi) is 5.13. The molecule has 0 unspecified atom stereocenters. The van der Waals surface area contributed by atoms with Crippen molar-refractivity contribution in [1.29, 1.82) is 0 Å². The lowest BCUT2D eigenvalue weighted by Gasteiger charge is -2.28. The summed E-state index contributed by atoms with van der Waals surface area (Å²) in [5, 5.41) is 0. The largest absolute Gasteiger partial charge is 0.341 e. The van der Waals surface area contributed by atoms with Gasteiger partial charge in [-0.1, -0.05) is 54.3 Å². The van der Waals surface area contributed by atoms with Gasteiger partial charge in [-0.3, -0.25) is 14.5 Å². The second-order valence-corrected chi connectivity index (χ2v) is 7.30. The smallest absolute Gasteiger partial charge is 0.266 e. The Morgan fingerprint density at radius 3 is 2.57 bits per heavy atom. The Morgan fingerprint density at radius 1 is 1.17 bits per heavy atom. The third-order valence-corrected chi connectivity index (χ3v) is 5.35. The molecule has 0 saturated carbocycles. The maximum absolute atomic E-state index is 12.5. The van der Waals surface area contributed by atoms with Crippen molar-refractivity contribution in [3.63, 3.8) is 0 Å². The van der Waals surface area contributed by atoms with Crippen LogP contribution in [0, 0.1) is 0 Å². The predicted octanol–water partition coefficient (Wildman–Crippen LogP) is 2.90. The van der Waals surface area contributed by atoms with Gasteiger partial charge in [-0.05, 0) is 30.9 Å². The van der Waals surface area contributed by atoms with Crippen molar-refractivity contribution in [2.24, 2.45) is 0 Å². The van der Waals surface area contributed by atoms with E-state index in [0.29, 0.717) is 9.23 Å². The van der Waals surface area contributed by atoms with Gasteiger partial charge in [-0.2, -0.15) is 0 Å². The summed E-state index contributed by atoms with van der Waals surface area (Å²) >= 11 is 6.55. The maximum Gasteiger partial charge on any atom is 0.266 e. The first-order valence-electron chi connectivity index (χ1n) is 7.73. The van der Waals surface area contributed by atoms with E-state index in [0.717, 1.165) is 31.5 Å². The van der Waals surface area contributed by atoms with E-state index in [2.05, 4.69) is 0 Å². The van der Waals surface area contributed by atoms with E-state index in [1.165, 1.54) is 23.1 Å². The van der Waals surface area contributed by atoms with E-state index < -0.39 is 0 Å². The van der Waals surface area contributed by atoms with Crippen LogP contribution in [-0.2, 0) is 9.59 Å². The Labute approximate surface area is 145 Å². The van der Waals surface area contributed by atoms with Crippen LogP contribution in [0.4, 0.5) is 0 Å². The monoisotopic (exact) mass is 346 g/mol. The maximum atomic E-state index is 12.5. The second-order valence-electron chi connectivity index (χ2n) is 5.62. The number of piperidine rings is 1. The minimum atomic E-state index is -0.172. The molecule has 23 heavy (non-hydrogen) atoms. The Balaban J connectivity index is 1.69. The minimum absolute atomic E-state index is 0.0121. The zero-order valence-electron chi connectivity index (χ0n) is 12.7. The number of thiocarbonyl (C=S) groups is 1. The number of likely N-dealkylation sites (tertiary alicyclic amines) is 1. The molecule has 1 aromatic rings. The van der Waals surface area contributed by atoms with Crippen LogP contribution in [0.2, 0.25) is 0 Å². The molecule has 2 heterocycles. The summed E-state index contributed by atoms with van der Waals surface area (Å²) in [5.41, 5.74) is 0.954. The van der Waals surface area contributed by atoms with Gasteiger partial charge in [0.25, 0.3) is 5.91 Å². The standard InChI is InChI=1S/C17H18N2O2S2/c20-15(18-9-5-2-6-10-18)12-19-16(21)14(23-17(19)22)11-13-7-3-1-4-8-13/h1,3-4,7-8,11H,2,5-6,9-10,12H2/b14-11-. The van der Waals surface area contributed by atoms with Crippen molar-refractivity contribution in [3.05, 3.63) is 40.8 Å². The third kappa shape index (κ3) is 3.82. The average molecular weight is 346 g/mol. The molecule has 2 saturated heterocycles. The number of amides is 2. The van der Waals surface area contributed by atoms with Gasteiger partial charge in [-0.15, -0.1) is 0 Å². The third-order valence-electron chi connectivity index (χ3n) is 3.97. The van der Waals surface area contributed by atoms with Gasteiger partial charge >= 0.3 is 0 Å². The molecule has 2 aliphatic heterocycles. The van der Waals surface area contributed by atoms with Crippen LogP contribution < -0.4 is 0 Å². The lowest BCUT2D eigenvalue weighted by molar-refractivity contribution is -0.136. The molecule has 0 N–H and O–H groups in total. The number of thioether (sulfide) groups is 1. The number of benzene rings is 1. The molecule has 0 aliphatic carbocycles. The fraction of sp³-hybridized carbons (Fsp3) is 0.353. The van der Waals surface area contributed by atoms with E-state index in [-0.39, 0.29) is 18.4 Å². The molecule has 4 nitrogen and oxygen atoms in total. The normalized spacial score (nSPS) is 20.4. The molecular weight excluding hydrogens is 328 g/mol. The molecule has 1 aromatic carbocycles. The summed E-state index contributed by atoms with van der Waals surface area (Å²) in [6.45, 7) is 1.62. The van der Waals surface area contributed by atoms with Crippen LogP contribution in [0.25, 0.3) is 6.08 Å². The predicted molar refractivity (Wildman–Crippen MR) is 96.8 cm³/mol. The quantitative estimate of drug-likeness (QED) is 0.623. The van der Waals surface area contributed by atoms with Crippen LogP contribution in [0.1, 0.15) is 24.8 Å². The first-order valence-corrected chi connectivity index (χ1v) is 8.96. The molecule has 3 rings (SSSR count). The summed E-state index contributed by atoms with van der Waals surface area (Å²) < 4.78 is 0.461. The summed E-state index contributed by atoms with van der Waals surface area (Å²) in [6, 6.07) is 9.65. The Bertz CT molecular complexity index is 652. The molecule has 2 amide bonds. The van der Waals surface area contributed by atoms with Gasteiger partial charge in [-0.25, -0.2) is 0 Å². The van der Waals surface area contributed by atoms with Crippen molar-refractivity contribution in [2.45, 2.75) is 19.3 Å². The van der Waals surface area contributed by atoms with Crippen LogP contribution in [0.15, 0.2) is 35.2 Å². The lowest BCUT2D eigenvalue weighted by atomic mass is 10.1. The zero-order chi connectivity index (χ0) is 16.2. The zero-order valence-corrected chi connectivity index (χ0v) is 14.4. The van der Waals surface area contributed by atoms with Crippen molar-refractivity contribution in [3.8, 4) is 0 Å². The summed E-state index contributed by atoms with van der Waals surface area (Å²) in [4.78, 5) is 28.7. The van der Waals surface area contributed by atoms with Crippen molar-refractivity contribution >= 4 is 46.2 Å². The first-order chi connectivity index (χ1) is 11.1. The highest BCUT2D eigenvalue weighted by atomic mass is 32.2. The number of nitrogens with zero attached hydrogens (tertiary/aromatic N) is 2. The summed E-state index contributed by atoms with van der Waals surface area (Å²) in [6.07, 6.45) is 5.07. The van der Waals surface area contributed by atoms with Gasteiger partial charge in [0.05, 0.1) is 4.91 Å². The SMILES string of the molecule is O=C(CN1C(=O)/C(=C/c2ccccc2)SC1=S)N1CCCCC1. The van der Waals surface area contributed by atoms with E-state index >= 15 is 0 Å². The van der Waals surface area contributed by atoms with Gasteiger partial charge in [0.2, 0.25) is 5.91 Å².